The van der Waals surface area contributed by atoms with Crippen molar-refractivity contribution in [1.82, 2.24) is 0 Å². The van der Waals surface area contributed by atoms with Gasteiger partial charge < -0.3 is 0 Å². The molecule has 0 aromatic heterocycles. The van der Waals surface area contributed by atoms with E-state index < -0.39 is 16.9 Å². The van der Waals surface area contributed by atoms with Crippen LogP contribution >= 0.6 is 34.8 Å². The highest BCUT2D eigenvalue weighted by Crippen LogP contribution is 2.42. The molecular weight excluding hydrogens is 211 g/mol. The first-order valence-corrected chi connectivity index (χ1v) is 3.61. The van der Waals surface area contributed by atoms with E-state index in [-0.39, 0.29) is 5.88 Å². The minimum atomic E-state index is -4.61. The van der Waals surface area contributed by atoms with E-state index in [9.17, 15) is 13.2 Å². The van der Waals surface area contributed by atoms with Crippen molar-refractivity contribution >= 4 is 34.8 Å². The second-order valence-electron chi connectivity index (χ2n) is 1.64. The van der Waals surface area contributed by atoms with E-state index in [0.29, 0.717) is 0 Å². The maximum Gasteiger partial charge on any atom is 0.421 e. The lowest BCUT2D eigenvalue weighted by atomic mass is 10.3. The van der Waals surface area contributed by atoms with Crippen LogP contribution in [0.15, 0.2) is 0 Å². The Balaban J connectivity index is 4.10. The van der Waals surface area contributed by atoms with Crippen LogP contribution in [0.5, 0.6) is 0 Å². The predicted molar refractivity (Wildman–Crippen MR) is 35.8 cm³/mol. The molecule has 0 spiro atoms. The van der Waals surface area contributed by atoms with Gasteiger partial charge in [0.05, 0.1) is 0 Å². The lowest BCUT2D eigenvalue weighted by molar-refractivity contribution is -0.141. The van der Waals surface area contributed by atoms with Crippen LogP contribution in [-0.4, -0.2) is 16.4 Å². The van der Waals surface area contributed by atoms with Crippen molar-refractivity contribution < 1.29 is 13.2 Å². The summed E-state index contributed by atoms with van der Waals surface area (Å²) in [6.07, 6.45) is -5.10. The van der Waals surface area contributed by atoms with E-state index >= 15 is 0 Å². The number of halogens is 6. The number of alkyl halides is 6. The minimum absolute atomic E-state index is 0.216. The minimum Gasteiger partial charge on any atom is -0.168 e. The van der Waals surface area contributed by atoms with Gasteiger partial charge in [0.15, 0.2) is 0 Å². The summed E-state index contributed by atoms with van der Waals surface area (Å²) in [4.78, 5) is 0. The molecule has 0 rings (SSSR count). The first-order valence-electron chi connectivity index (χ1n) is 2.32. The molecule has 0 atom stereocenters. The van der Waals surface area contributed by atoms with Crippen LogP contribution in [0.1, 0.15) is 6.42 Å². The van der Waals surface area contributed by atoms with E-state index in [0.717, 1.165) is 0 Å². The molecule has 0 saturated carbocycles. The van der Waals surface area contributed by atoms with Crippen molar-refractivity contribution in [3.05, 3.63) is 0 Å². The first kappa shape index (κ1) is 10.7. The molecule has 0 N–H and O–H groups in total. The lowest BCUT2D eigenvalue weighted by Gasteiger charge is -2.21. The van der Waals surface area contributed by atoms with Gasteiger partial charge in [-0.1, -0.05) is 23.2 Å². The Kier molecular flexibility index (Phi) is 3.59. The fourth-order valence-electron chi connectivity index (χ4n) is 0.260. The van der Waals surface area contributed by atoms with E-state index in [2.05, 4.69) is 0 Å². The molecule has 0 aliphatic heterocycles. The monoisotopic (exact) mass is 214 g/mol. The summed E-state index contributed by atoms with van der Waals surface area (Å²) in [5, 5.41) is 0. The standard InChI is InChI=1S/C4H4Cl3F3/c5-2-1-3(6,7)4(8,9)10/h1-2H2. The molecule has 10 heavy (non-hydrogen) atoms. The van der Waals surface area contributed by atoms with Crippen LogP contribution in [-0.2, 0) is 0 Å². The Morgan fingerprint density at radius 3 is 1.60 bits per heavy atom. The largest absolute Gasteiger partial charge is 0.421 e. The second kappa shape index (κ2) is 3.37. The molecule has 0 aliphatic carbocycles. The van der Waals surface area contributed by atoms with Crippen LogP contribution in [0.4, 0.5) is 13.2 Å². The average Bonchev–Trinajstić information content (AvgIpc) is 1.61. The highest BCUT2D eigenvalue weighted by molar-refractivity contribution is 6.49. The summed E-state index contributed by atoms with van der Waals surface area (Å²) in [5.74, 6) is -0.216. The van der Waals surface area contributed by atoms with Gasteiger partial charge in [-0.3, -0.25) is 0 Å². The topological polar surface area (TPSA) is 0 Å². The molecule has 0 nitrogen and oxygen atoms in total. The molecule has 0 fully saturated rings. The highest BCUT2D eigenvalue weighted by Gasteiger charge is 2.51. The lowest BCUT2D eigenvalue weighted by Crippen LogP contribution is -2.34. The van der Waals surface area contributed by atoms with Gasteiger partial charge in [-0.15, -0.1) is 11.6 Å². The molecule has 62 valence electrons. The fraction of sp³-hybridized carbons (Fsp3) is 1.00. The zero-order chi connectivity index (χ0) is 8.41. The molecule has 0 heterocycles. The fourth-order valence-corrected chi connectivity index (χ4v) is 0.926. The van der Waals surface area contributed by atoms with Crippen LogP contribution in [0.3, 0.4) is 0 Å². The van der Waals surface area contributed by atoms with Gasteiger partial charge in [0, 0.05) is 12.3 Å². The summed E-state index contributed by atoms with van der Waals surface area (Å²) >= 11 is 14.8. The molecule has 0 amide bonds. The van der Waals surface area contributed by atoms with Crippen LogP contribution in [0.2, 0.25) is 0 Å². The molecule has 0 bridgehead atoms. The zero-order valence-electron chi connectivity index (χ0n) is 4.68. The van der Waals surface area contributed by atoms with Gasteiger partial charge in [0.25, 0.3) is 0 Å². The molecule has 6 heteroatoms. The van der Waals surface area contributed by atoms with Crippen molar-refractivity contribution in [2.24, 2.45) is 0 Å². The van der Waals surface area contributed by atoms with Crippen LogP contribution in [0, 0.1) is 0 Å². The first-order chi connectivity index (χ1) is 4.31. The van der Waals surface area contributed by atoms with Gasteiger partial charge in [-0.2, -0.15) is 13.2 Å². The van der Waals surface area contributed by atoms with Crippen molar-refractivity contribution in [2.45, 2.75) is 16.9 Å². The number of hydrogen-bond acceptors (Lipinski definition) is 0. The molecular formula is C4H4Cl3F3. The van der Waals surface area contributed by atoms with Gasteiger partial charge in [0.2, 0.25) is 4.33 Å². The normalized spacial score (nSPS) is 13.8. The Morgan fingerprint density at radius 2 is 1.50 bits per heavy atom. The van der Waals surface area contributed by atoms with Crippen molar-refractivity contribution in [3.8, 4) is 0 Å². The van der Waals surface area contributed by atoms with E-state index in [1.165, 1.54) is 0 Å². The molecule has 0 saturated heterocycles. The van der Waals surface area contributed by atoms with Crippen LogP contribution < -0.4 is 0 Å². The Bertz CT molecular complexity index is 109. The third kappa shape index (κ3) is 2.72. The summed E-state index contributed by atoms with van der Waals surface area (Å²) in [6.45, 7) is 0. The number of hydrogen-bond donors (Lipinski definition) is 0. The third-order valence-corrected chi connectivity index (χ3v) is 1.82. The maximum absolute atomic E-state index is 11.7. The molecule has 0 unspecified atom stereocenters. The average molecular weight is 215 g/mol. The Hall–Kier alpha value is 0.660. The second-order valence-corrected chi connectivity index (χ2v) is 3.50. The van der Waals surface area contributed by atoms with Gasteiger partial charge in [-0.05, 0) is 0 Å². The van der Waals surface area contributed by atoms with Gasteiger partial charge in [0.1, 0.15) is 0 Å². The van der Waals surface area contributed by atoms with Crippen LogP contribution in [0.25, 0.3) is 0 Å². The molecule has 0 radical (unpaired) electrons. The van der Waals surface area contributed by atoms with E-state index in [4.69, 9.17) is 34.8 Å². The Labute approximate surface area is 71.2 Å². The van der Waals surface area contributed by atoms with Gasteiger partial charge in [-0.25, -0.2) is 0 Å². The number of rotatable bonds is 2. The van der Waals surface area contributed by atoms with Crippen molar-refractivity contribution in [1.29, 1.82) is 0 Å². The molecule has 0 aliphatic rings. The highest BCUT2D eigenvalue weighted by atomic mass is 35.5. The van der Waals surface area contributed by atoms with E-state index in [1.54, 1.807) is 0 Å². The summed E-state index contributed by atoms with van der Waals surface area (Å²) in [5.41, 5.74) is 0. The van der Waals surface area contributed by atoms with Crippen molar-refractivity contribution in [3.63, 3.8) is 0 Å². The summed E-state index contributed by atoms with van der Waals surface area (Å²) < 4.78 is 32.4. The van der Waals surface area contributed by atoms with Crippen molar-refractivity contribution in [2.75, 3.05) is 5.88 Å². The zero-order valence-corrected chi connectivity index (χ0v) is 6.95. The molecule has 0 aromatic carbocycles. The predicted octanol–water partition coefficient (Wildman–Crippen LogP) is 3.35. The Morgan fingerprint density at radius 1 is 1.10 bits per heavy atom. The smallest absolute Gasteiger partial charge is 0.168 e. The van der Waals surface area contributed by atoms with E-state index in [1.807, 2.05) is 0 Å². The quantitative estimate of drug-likeness (QED) is 0.620. The van der Waals surface area contributed by atoms with Gasteiger partial charge >= 0.3 is 6.18 Å². The summed E-state index contributed by atoms with van der Waals surface area (Å²) in [6, 6.07) is 0. The summed E-state index contributed by atoms with van der Waals surface area (Å²) in [7, 11) is 0. The molecule has 0 aromatic rings. The SMILES string of the molecule is FC(F)(F)C(Cl)(Cl)CCCl. The maximum atomic E-state index is 11.7. The third-order valence-electron chi connectivity index (χ3n) is 0.823.